The smallest absolute Gasteiger partial charge is 0.0350 e. The molecule has 0 aromatic heterocycles. The van der Waals surface area contributed by atoms with E-state index in [2.05, 4.69) is 52.0 Å². The van der Waals surface area contributed by atoms with Crippen molar-refractivity contribution in [1.29, 1.82) is 0 Å². The first-order valence-electron chi connectivity index (χ1n) is 4.69. The zero-order valence-electron chi connectivity index (χ0n) is 8.72. The van der Waals surface area contributed by atoms with E-state index in [1.165, 1.54) is 24.0 Å². The van der Waals surface area contributed by atoms with Crippen molar-refractivity contribution in [3.63, 3.8) is 0 Å². The monoisotopic (exact) mass is 164 g/mol. The fraction of sp³-hybridized carbons (Fsp3) is 0.500. The Hall–Kier alpha value is -0.780. The van der Waals surface area contributed by atoms with E-state index in [0.717, 1.165) is 0 Å². The summed E-state index contributed by atoms with van der Waals surface area (Å²) in [4.78, 5) is 0. The quantitative estimate of drug-likeness (QED) is 0.545. The van der Waals surface area contributed by atoms with Crippen LogP contribution in [0, 0.1) is 0 Å². The molecule has 0 aliphatic carbocycles. The Labute approximate surface area is 76.7 Å². The van der Waals surface area contributed by atoms with Crippen LogP contribution in [0.5, 0.6) is 0 Å². The lowest BCUT2D eigenvalue weighted by Gasteiger charge is -1.96. The third-order valence-corrected chi connectivity index (χ3v) is 1.99. The highest BCUT2D eigenvalue weighted by Gasteiger charge is 1.86. The third-order valence-electron chi connectivity index (χ3n) is 1.99. The van der Waals surface area contributed by atoms with Gasteiger partial charge in [-0.3, -0.25) is 0 Å². The van der Waals surface area contributed by atoms with Gasteiger partial charge in [0.05, 0.1) is 0 Å². The molecule has 0 rings (SSSR count). The van der Waals surface area contributed by atoms with Gasteiger partial charge in [-0.1, -0.05) is 43.2 Å². The number of hydrogen-bond donors (Lipinski definition) is 0. The van der Waals surface area contributed by atoms with Gasteiger partial charge in [-0.15, -0.1) is 0 Å². The van der Waals surface area contributed by atoms with E-state index in [-0.39, 0.29) is 0 Å². The molecule has 0 radical (unpaired) electrons. The SMILES string of the molecule is C\C=C(C)/C(C)=C\C=C\CCC. The normalized spacial score (nSPS) is 14.3. The molecule has 0 atom stereocenters. The lowest BCUT2D eigenvalue weighted by Crippen LogP contribution is -1.76. The fourth-order valence-electron chi connectivity index (χ4n) is 0.834. The second-order valence-corrected chi connectivity index (χ2v) is 3.04. The van der Waals surface area contributed by atoms with Crippen LogP contribution in [-0.2, 0) is 0 Å². The van der Waals surface area contributed by atoms with Gasteiger partial charge in [0.2, 0.25) is 0 Å². The summed E-state index contributed by atoms with van der Waals surface area (Å²) < 4.78 is 0. The molecular formula is C12H20. The molecule has 0 fully saturated rings. The van der Waals surface area contributed by atoms with Crippen molar-refractivity contribution >= 4 is 0 Å². The van der Waals surface area contributed by atoms with E-state index >= 15 is 0 Å². The van der Waals surface area contributed by atoms with Crippen LogP contribution >= 0.6 is 0 Å². The largest absolute Gasteiger partial charge is 0.0845 e. The zero-order valence-corrected chi connectivity index (χ0v) is 8.72. The summed E-state index contributed by atoms with van der Waals surface area (Å²) in [6.45, 7) is 8.55. The highest BCUT2D eigenvalue weighted by Crippen LogP contribution is 2.07. The maximum atomic E-state index is 2.21. The highest BCUT2D eigenvalue weighted by molar-refractivity contribution is 5.29. The predicted octanol–water partition coefficient (Wildman–Crippen LogP) is 4.26. The molecule has 0 heteroatoms. The minimum atomic E-state index is 1.18. The van der Waals surface area contributed by atoms with Crippen LogP contribution in [-0.4, -0.2) is 0 Å². The molecule has 0 aliphatic rings. The van der Waals surface area contributed by atoms with Crippen molar-refractivity contribution in [2.45, 2.75) is 40.5 Å². The standard InChI is InChI=1S/C12H20/c1-5-7-8-9-10-12(4)11(3)6-2/h6,8-10H,5,7H2,1-4H3/b9-8+,11-6-,12-10-. The third kappa shape index (κ3) is 4.95. The lowest BCUT2D eigenvalue weighted by molar-refractivity contribution is 0.958. The molecule has 68 valence electrons. The summed E-state index contributed by atoms with van der Waals surface area (Å²) >= 11 is 0. The topological polar surface area (TPSA) is 0 Å². The maximum absolute atomic E-state index is 2.21. The molecule has 0 N–H and O–H groups in total. The van der Waals surface area contributed by atoms with Crippen LogP contribution in [0.15, 0.2) is 35.5 Å². The Morgan fingerprint density at radius 2 is 1.83 bits per heavy atom. The van der Waals surface area contributed by atoms with Crippen LogP contribution in [0.25, 0.3) is 0 Å². The van der Waals surface area contributed by atoms with Crippen molar-refractivity contribution in [2.24, 2.45) is 0 Å². The second-order valence-electron chi connectivity index (χ2n) is 3.04. The molecule has 0 saturated carbocycles. The molecule has 0 unspecified atom stereocenters. The van der Waals surface area contributed by atoms with E-state index in [0.29, 0.717) is 0 Å². The first-order valence-corrected chi connectivity index (χ1v) is 4.69. The van der Waals surface area contributed by atoms with Crippen molar-refractivity contribution < 1.29 is 0 Å². The summed E-state index contributed by atoms with van der Waals surface area (Å²) in [5, 5.41) is 0. The molecule has 0 bridgehead atoms. The molecule has 0 spiro atoms. The van der Waals surface area contributed by atoms with Crippen molar-refractivity contribution in [2.75, 3.05) is 0 Å². The van der Waals surface area contributed by atoms with Gasteiger partial charge in [0.15, 0.2) is 0 Å². The Balaban J connectivity index is 4.00. The van der Waals surface area contributed by atoms with Gasteiger partial charge in [-0.25, -0.2) is 0 Å². The van der Waals surface area contributed by atoms with Gasteiger partial charge in [0.1, 0.15) is 0 Å². The van der Waals surface area contributed by atoms with Crippen LogP contribution in [0.4, 0.5) is 0 Å². The lowest BCUT2D eigenvalue weighted by atomic mass is 10.1. The molecule has 0 aromatic rings. The summed E-state index contributed by atoms with van der Waals surface area (Å²) in [5.74, 6) is 0. The Morgan fingerprint density at radius 1 is 1.17 bits per heavy atom. The summed E-state index contributed by atoms with van der Waals surface area (Å²) in [6.07, 6.45) is 11.1. The van der Waals surface area contributed by atoms with Crippen LogP contribution in [0.2, 0.25) is 0 Å². The Bertz CT molecular complexity index is 192. The van der Waals surface area contributed by atoms with Crippen LogP contribution in [0.3, 0.4) is 0 Å². The van der Waals surface area contributed by atoms with Gasteiger partial charge < -0.3 is 0 Å². The van der Waals surface area contributed by atoms with E-state index in [4.69, 9.17) is 0 Å². The molecular weight excluding hydrogens is 144 g/mol. The summed E-state index contributed by atoms with van der Waals surface area (Å²) in [5.41, 5.74) is 2.71. The summed E-state index contributed by atoms with van der Waals surface area (Å²) in [6, 6.07) is 0. The molecule has 12 heavy (non-hydrogen) atoms. The van der Waals surface area contributed by atoms with E-state index in [1.54, 1.807) is 0 Å². The van der Waals surface area contributed by atoms with Gasteiger partial charge in [0.25, 0.3) is 0 Å². The summed E-state index contributed by atoms with van der Waals surface area (Å²) in [7, 11) is 0. The number of rotatable bonds is 4. The average Bonchev–Trinajstić information content (AvgIpc) is 2.10. The van der Waals surface area contributed by atoms with Gasteiger partial charge in [0, 0.05) is 0 Å². The molecule has 0 nitrogen and oxygen atoms in total. The maximum Gasteiger partial charge on any atom is -0.0350 e. The van der Waals surface area contributed by atoms with Gasteiger partial charge in [-0.05, 0) is 32.8 Å². The van der Waals surface area contributed by atoms with Gasteiger partial charge >= 0.3 is 0 Å². The average molecular weight is 164 g/mol. The van der Waals surface area contributed by atoms with E-state index < -0.39 is 0 Å². The van der Waals surface area contributed by atoms with Gasteiger partial charge in [-0.2, -0.15) is 0 Å². The predicted molar refractivity (Wildman–Crippen MR) is 57.2 cm³/mol. The number of hydrogen-bond acceptors (Lipinski definition) is 0. The number of unbranched alkanes of at least 4 members (excludes halogenated alkanes) is 1. The molecule has 0 saturated heterocycles. The molecule has 0 aromatic carbocycles. The zero-order chi connectivity index (χ0) is 9.40. The van der Waals surface area contributed by atoms with E-state index in [9.17, 15) is 0 Å². The first-order chi connectivity index (χ1) is 5.72. The molecule has 0 amide bonds. The van der Waals surface area contributed by atoms with Crippen molar-refractivity contribution in [3.05, 3.63) is 35.5 Å². The van der Waals surface area contributed by atoms with E-state index in [1.807, 2.05) is 0 Å². The van der Waals surface area contributed by atoms with Crippen molar-refractivity contribution in [3.8, 4) is 0 Å². The first kappa shape index (κ1) is 11.2. The van der Waals surface area contributed by atoms with Crippen molar-refractivity contribution in [1.82, 2.24) is 0 Å². The Kier molecular flexibility index (Phi) is 6.45. The minimum absolute atomic E-state index is 1.18. The number of allylic oxidation sites excluding steroid dienone is 6. The minimum Gasteiger partial charge on any atom is -0.0845 e. The fourth-order valence-corrected chi connectivity index (χ4v) is 0.834. The Morgan fingerprint density at radius 3 is 2.33 bits per heavy atom. The second kappa shape index (κ2) is 6.90. The van der Waals surface area contributed by atoms with Crippen LogP contribution < -0.4 is 0 Å². The molecule has 0 heterocycles. The highest BCUT2D eigenvalue weighted by atomic mass is 13.9. The van der Waals surface area contributed by atoms with Crippen LogP contribution in [0.1, 0.15) is 40.5 Å². The molecule has 0 aliphatic heterocycles.